The molecule has 34 heavy (non-hydrogen) atoms. The molecule has 0 aliphatic heterocycles. The molecule has 174 valence electrons. The Kier molecular flexibility index (Phi) is 6.92. The summed E-state index contributed by atoms with van der Waals surface area (Å²) in [6.45, 7) is 3.41. The normalized spacial score (nSPS) is 11.7. The second-order valence-electron chi connectivity index (χ2n) is 8.06. The lowest BCUT2D eigenvalue weighted by molar-refractivity contribution is -0.141. The Morgan fingerprint density at radius 2 is 1.82 bits per heavy atom. The zero-order valence-corrected chi connectivity index (χ0v) is 19.4. The predicted octanol–water partition coefficient (Wildman–Crippen LogP) is 5.37. The number of aromatic nitrogens is 2. The molecule has 1 atom stereocenters. The van der Waals surface area contributed by atoms with Crippen molar-refractivity contribution >= 4 is 28.6 Å². The van der Waals surface area contributed by atoms with E-state index in [1.54, 1.807) is 0 Å². The number of hydrogen-bond acceptors (Lipinski definition) is 5. The van der Waals surface area contributed by atoms with Crippen LogP contribution in [0.4, 0.5) is 5.69 Å². The molecule has 0 fully saturated rings. The molecule has 0 radical (unpaired) electrons. The standard InChI is InChI=1S/C27H27N3O4/c1-18(12-15-26(32)33-3)34-23-13-14-24-25(17-23)30(27(29-24)20-8-5-4-6-9-20)22-11-7-10-21(16-22)28-19(2)31/h4-11,13-14,16-18H,12,15H2,1-3H3,(H,28,31). The van der Waals surface area contributed by atoms with E-state index in [-0.39, 0.29) is 18.0 Å². The van der Waals surface area contributed by atoms with Gasteiger partial charge in [-0.15, -0.1) is 0 Å². The van der Waals surface area contributed by atoms with Crippen LogP contribution in [0.5, 0.6) is 5.75 Å². The van der Waals surface area contributed by atoms with Gasteiger partial charge in [-0.25, -0.2) is 4.98 Å². The van der Waals surface area contributed by atoms with Crippen LogP contribution >= 0.6 is 0 Å². The number of rotatable bonds is 8. The molecule has 1 heterocycles. The summed E-state index contributed by atoms with van der Waals surface area (Å²) in [5.74, 6) is 1.08. The molecule has 1 N–H and O–H groups in total. The van der Waals surface area contributed by atoms with Crippen LogP contribution < -0.4 is 10.1 Å². The smallest absolute Gasteiger partial charge is 0.305 e. The Balaban J connectivity index is 1.77. The number of methoxy groups -OCH3 is 1. The number of nitrogens with one attached hydrogen (secondary N) is 1. The first-order chi connectivity index (χ1) is 16.4. The number of anilines is 1. The molecule has 7 heteroatoms. The first-order valence-electron chi connectivity index (χ1n) is 11.1. The van der Waals surface area contributed by atoms with Gasteiger partial charge in [-0.1, -0.05) is 36.4 Å². The summed E-state index contributed by atoms with van der Waals surface area (Å²) in [5, 5.41) is 2.84. The van der Waals surface area contributed by atoms with Crippen LogP contribution in [0.15, 0.2) is 72.8 Å². The Morgan fingerprint density at radius 3 is 2.56 bits per heavy atom. The number of carbonyl (C=O) groups is 2. The third kappa shape index (κ3) is 5.26. The number of nitrogens with zero attached hydrogens (tertiary/aromatic N) is 2. The molecule has 0 aliphatic rings. The average Bonchev–Trinajstić information content (AvgIpc) is 3.21. The highest BCUT2D eigenvalue weighted by atomic mass is 16.5. The van der Waals surface area contributed by atoms with Gasteiger partial charge in [-0.2, -0.15) is 0 Å². The highest BCUT2D eigenvalue weighted by molar-refractivity contribution is 5.89. The van der Waals surface area contributed by atoms with Gasteiger partial charge in [0.1, 0.15) is 11.6 Å². The fourth-order valence-corrected chi connectivity index (χ4v) is 3.81. The second-order valence-corrected chi connectivity index (χ2v) is 8.06. The van der Waals surface area contributed by atoms with Gasteiger partial charge in [-0.3, -0.25) is 14.2 Å². The summed E-state index contributed by atoms with van der Waals surface area (Å²) in [5.41, 5.74) is 4.23. The molecule has 0 spiro atoms. The first-order valence-corrected chi connectivity index (χ1v) is 11.1. The van der Waals surface area contributed by atoms with E-state index in [0.717, 1.165) is 28.1 Å². The Hall–Kier alpha value is -4.13. The van der Waals surface area contributed by atoms with Gasteiger partial charge in [0.15, 0.2) is 0 Å². The first kappa shape index (κ1) is 23.0. The summed E-state index contributed by atoms with van der Waals surface area (Å²) < 4.78 is 12.9. The van der Waals surface area contributed by atoms with Crippen LogP contribution in [0, 0.1) is 0 Å². The SMILES string of the molecule is COC(=O)CCC(C)Oc1ccc2nc(-c3ccccc3)n(-c3cccc(NC(C)=O)c3)c2c1. The monoisotopic (exact) mass is 457 g/mol. The van der Waals surface area contributed by atoms with E-state index in [1.807, 2.05) is 79.7 Å². The van der Waals surface area contributed by atoms with Gasteiger partial charge in [0, 0.05) is 36.3 Å². The number of benzene rings is 3. The van der Waals surface area contributed by atoms with Gasteiger partial charge in [0.05, 0.1) is 24.2 Å². The van der Waals surface area contributed by atoms with Gasteiger partial charge in [0.25, 0.3) is 0 Å². The maximum Gasteiger partial charge on any atom is 0.305 e. The van der Waals surface area contributed by atoms with Crippen LogP contribution in [0.2, 0.25) is 0 Å². The highest BCUT2D eigenvalue weighted by Gasteiger charge is 2.16. The molecule has 4 rings (SSSR count). The van der Waals surface area contributed by atoms with Crippen LogP contribution in [-0.4, -0.2) is 34.6 Å². The summed E-state index contributed by atoms with van der Waals surface area (Å²) in [4.78, 5) is 28.0. The third-order valence-electron chi connectivity index (χ3n) is 5.40. The number of hydrogen-bond donors (Lipinski definition) is 1. The molecular formula is C27H27N3O4. The number of imidazole rings is 1. The summed E-state index contributed by atoms with van der Waals surface area (Å²) >= 11 is 0. The molecule has 4 aromatic rings. The van der Waals surface area contributed by atoms with E-state index >= 15 is 0 Å². The molecule has 3 aromatic carbocycles. The molecule has 7 nitrogen and oxygen atoms in total. The van der Waals surface area contributed by atoms with Gasteiger partial charge >= 0.3 is 5.97 Å². The lowest BCUT2D eigenvalue weighted by Gasteiger charge is -2.15. The summed E-state index contributed by atoms with van der Waals surface area (Å²) in [7, 11) is 1.38. The molecule has 0 saturated carbocycles. The van der Waals surface area contributed by atoms with Gasteiger partial charge in [-0.05, 0) is 43.7 Å². The van der Waals surface area contributed by atoms with Crippen molar-refractivity contribution < 1.29 is 19.1 Å². The van der Waals surface area contributed by atoms with Crippen molar-refractivity contribution in [3.8, 4) is 22.8 Å². The number of carbonyl (C=O) groups excluding carboxylic acids is 2. The van der Waals surface area contributed by atoms with Crippen LogP contribution in [-0.2, 0) is 14.3 Å². The minimum atomic E-state index is -0.254. The zero-order chi connectivity index (χ0) is 24.1. The fourth-order valence-electron chi connectivity index (χ4n) is 3.81. The van der Waals surface area contributed by atoms with Crippen molar-refractivity contribution in [2.45, 2.75) is 32.8 Å². The Morgan fingerprint density at radius 1 is 1.03 bits per heavy atom. The van der Waals surface area contributed by atoms with E-state index in [1.165, 1.54) is 14.0 Å². The largest absolute Gasteiger partial charge is 0.491 e. The van der Waals surface area contributed by atoms with Crippen molar-refractivity contribution in [1.29, 1.82) is 0 Å². The van der Waals surface area contributed by atoms with E-state index < -0.39 is 0 Å². The maximum atomic E-state index is 11.6. The fraction of sp³-hybridized carbons (Fsp3) is 0.222. The molecule has 0 aliphatic carbocycles. The third-order valence-corrected chi connectivity index (χ3v) is 5.40. The Bertz CT molecular complexity index is 1310. The van der Waals surface area contributed by atoms with Crippen molar-refractivity contribution in [1.82, 2.24) is 9.55 Å². The minimum Gasteiger partial charge on any atom is -0.491 e. The van der Waals surface area contributed by atoms with E-state index in [0.29, 0.717) is 24.3 Å². The molecular weight excluding hydrogens is 430 g/mol. The lowest BCUT2D eigenvalue weighted by Crippen LogP contribution is -2.14. The lowest BCUT2D eigenvalue weighted by atomic mass is 10.2. The van der Waals surface area contributed by atoms with Crippen LogP contribution in [0.1, 0.15) is 26.7 Å². The van der Waals surface area contributed by atoms with E-state index in [4.69, 9.17) is 14.5 Å². The van der Waals surface area contributed by atoms with Crippen molar-refractivity contribution in [3.63, 3.8) is 0 Å². The second kappa shape index (κ2) is 10.2. The number of esters is 1. The molecule has 0 saturated heterocycles. The average molecular weight is 458 g/mol. The van der Waals surface area contributed by atoms with Gasteiger partial charge < -0.3 is 14.8 Å². The molecule has 1 amide bonds. The number of amides is 1. The maximum absolute atomic E-state index is 11.6. The quantitative estimate of drug-likeness (QED) is 0.360. The molecule has 0 bridgehead atoms. The molecule has 1 aromatic heterocycles. The van der Waals surface area contributed by atoms with Crippen LogP contribution in [0.25, 0.3) is 28.1 Å². The topological polar surface area (TPSA) is 82.4 Å². The number of fused-ring (bicyclic) bond motifs is 1. The summed E-state index contributed by atoms with van der Waals surface area (Å²) in [6, 6.07) is 23.4. The van der Waals surface area contributed by atoms with Crippen molar-refractivity contribution in [3.05, 3.63) is 72.8 Å². The molecule has 1 unspecified atom stereocenters. The Labute approximate surface area is 198 Å². The highest BCUT2D eigenvalue weighted by Crippen LogP contribution is 2.32. The van der Waals surface area contributed by atoms with E-state index in [2.05, 4.69) is 9.88 Å². The van der Waals surface area contributed by atoms with Crippen LogP contribution in [0.3, 0.4) is 0 Å². The number of ether oxygens (including phenoxy) is 2. The zero-order valence-electron chi connectivity index (χ0n) is 19.4. The minimum absolute atomic E-state index is 0.132. The van der Waals surface area contributed by atoms with Crippen molar-refractivity contribution in [2.24, 2.45) is 0 Å². The van der Waals surface area contributed by atoms with E-state index in [9.17, 15) is 9.59 Å². The van der Waals surface area contributed by atoms with Crippen molar-refractivity contribution in [2.75, 3.05) is 12.4 Å². The summed E-state index contributed by atoms with van der Waals surface area (Å²) in [6.07, 6.45) is 0.689. The predicted molar refractivity (Wildman–Crippen MR) is 132 cm³/mol. The van der Waals surface area contributed by atoms with Gasteiger partial charge in [0.2, 0.25) is 5.91 Å².